The van der Waals surface area contributed by atoms with Crippen molar-refractivity contribution in [2.75, 3.05) is 0 Å². The van der Waals surface area contributed by atoms with Gasteiger partial charge in [-0.1, -0.05) is 37.6 Å². The molecule has 0 radical (unpaired) electrons. The maximum Gasteiger partial charge on any atom is 0.130 e. The van der Waals surface area contributed by atoms with E-state index in [2.05, 4.69) is 44.3 Å². The van der Waals surface area contributed by atoms with Gasteiger partial charge in [-0.15, -0.1) is 0 Å². The van der Waals surface area contributed by atoms with Crippen molar-refractivity contribution in [2.24, 2.45) is 0 Å². The SMILES string of the molecule is Cc1cc(Cl)ccc1Oc1cc(CNC(C)C)ccc1C. The zero-order valence-electron chi connectivity index (χ0n) is 13.0. The van der Waals surface area contributed by atoms with Crippen LogP contribution in [-0.2, 0) is 6.54 Å². The molecule has 0 aromatic heterocycles. The summed E-state index contributed by atoms with van der Waals surface area (Å²) in [5, 5.41) is 4.15. The summed E-state index contributed by atoms with van der Waals surface area (Å²) in [6.07, 6.45) is 0. The standard InChI is InChI=1S/C18H22ClNO/c1-12(2)20-11-15-6-5-13(3)18(10-15)21-17-8-7-16(19)9-14(17)4/h5-10,12,20H,11H2,1-4H3. The molecule has 21 heavy (non-hydrogen) atoms. The molecule has 0 amide bonds. The van der Waals surface area contributed by atoms with Crippen molar-refractivity contribution in [1.82, 2.24) is 5.32 Å². The van der Waals surface area contributed by atoms with Gasteiger partial charge in [0.1, 0.15) is 11.5 Å². The third-order valence-electron chi connectivity index (χ3n) is 3.32. The van der Waals surface area contributed by atoms with E-state index >= 15 is 0 Å². The number of rotatable bonds is 5. The topological polar surface area (TPSA) is 21.3 Å². The summed E-state index contributed by atoms with van der Waals surface area (Å²) < 4.78 is 6.06. The maximum absolute atomic E-state index is 6.06. The maximum atomic E-state index is 6.06. The molecule has 0 spiro atoms. The zero-order chi connectivity index (χ0) is 15.4. The molecular weight excluding hydrogens is 282 g/mol. The van der Waals surface area contributed by atoms with E-state index in [0.717, 1.165) is 34.2 Å². The van der Waals surface area contributed by atoms with E-state index in [1.165, 1.54) is 5.56 Å². The summed E-state index contributed by atoms with van der Waals surface area (Å²) in [6, 6.07) is 12.5. The summed E-state index contributed by atoms with van der Waals surface area (Å²) in [5.41, 5.74) is 3.38. The van der Waals surface area contributed by atoms with Crippen molar-refractivity contribution in [1.29, 1.82) is 0 Å². The molecule has 3 heteroatoms. The van der Waals surface area contributed by atoms with Crippen molar-refractivity contribution in [3.8, 4) is 11.5 Å². The van der Waals surface area contributed by atoms with Gasteiger partial charge in [-0.2, -0.15) is 0 Å². The first-order chi connectivity index (χ1) is 9.95. The van der Waals surface area contributed by atoms with Gasteiger partial charge < -0.3 is 10.1 Å². The van der Waals surface area contributed by atoms with Gasteiger partial charge in [0.25, 0.3) is 0 Å². The molecule has 0 atom stereocenters. The fraction of sp³-hybridized carbons (Fsp3) is 0.333. The molecular formula is C18H22ClNO. The van der Waals surface area contributed by atoms with Crippen molar-refractivity contribution >= 4 is 11.6 Å². The highest BCUT2D eigenvalue weighted by atomic mass is 35.5. The second-order valence-electron chi connectivity index (χ2n) is 5.65. The Bertz CT molecular complexity index is 623. The van der Waals surface area contributed by atoms with Crippen LogP contribution in [0.5, 0.6) is 11.5 Å². The van der Waals surface area contributed by atoms with Gasteiger partial charge in [0.05, 0.1) is 0 Å². The predicted octanol–water partition coefficient (Wildman–Crippen LogP) is 5.25. The van der Waals surface area contributed by atoms with Crippen LogP contribution in [-0.4, -0.2) is 6.04 Å². The van der Waals surface area contributed by atoms with Gasteiger partial charge >= 0.3 is 0 Å². The van der Waals surface area contributed by atoms with Crippen molar-refractivity contribution in [2.45, 2.75) is 40.3 Å². The minimum Gasteiger partial charge on any atom is -0.457 e. The summed E-state index contributed by atoms with van der Waals surface area (Å²) >= 11 is 5.98. The van der Waals surface area contributed by atoms with Crippen LogP contribution >= 0.6 is 11.6 Å². The van der Waals surface area contributed by atoms with E-state index in [4.69, 9.17) is 16.3 Å². The number of hydrogen-bond donors (Lipinski definition) is 1. The molecule has 2 aromatic rings. The van der Waals surface area contributed by atoms with Crippen LogP contribution in [0, 0.1) is 13.8 Å². The first-order valence-electron chi connectivity index (χ1n) is 7.22. The smallest absolute Gasteiger partial charge is 0.130 e. The number of hydrogen-bond acceptors (Lipinski definition) is 2. The van der Waals surface area contributed by atoms with Gasteiger partial charge in [0, 0.05) is 17.6 Å². The Morgan fingerprint density at radius 1 is 1.00 bits per heavy atom. The molecule has 0 aliphatic rings. The summed E-state index contributed by atoms with van der Waals surface area (Å²) in [4.78, 5) is 0. The van der Waals surface area contributed by atoms with Crippen LogP contribution in [0.4, 0.5) is 0 Å². The number of aryl methyl sites for hydroxylation is 2. The lowest BCUT2D eigenvalue weighted by molar-refractivity contribution is 0.473. The minimum atomic E-state index is 0.467. The third kappa shape index (κ3) is 4.48. The molecule has 2 aromatic carbocycles. The number of benzene rings is 2. The largest absolute Gasteiger partial charge is 0.457 e. The molecule has 0 aliphatic carbocycles. The number of nitrogens with one attached hydrogen (secondary N) is 1. The quantitative estimate of drug-likeness (QED) is 0.815. The normalized spacial score (nSPS) is 11.0. The van der Waals surface area contributed by atoms with Crippen molar-refractivity contribution < 1.29 is 4.74 Å². The Morgan fingerprint density at radius 3 is 2.43 bits per heavy atom. The summed E-state index contributed by atoms with van der Waals surface area (Å²) in [5.74, 6) is 1.74. The van der Waals surface area contributed by atoms with E-state index in [0.29, 0.717) is 6.04 Å². The van der Waals surface area contributed by atoms with Gasteiger partial charge in [-0.05, 0) is 54.8 Å². The van der Waals surface area contributed by atoms with Crippen molar-refractivity contribution in [3.63, 3.8) is 0 Å². The Hall–Kier alpha value is -1.51. The van der Waals surface area contributed by atoms with E-state index in [9.17, 15) is 0 Å². The highest BCUT2D eigenvalue weighted by Gasteiger charge is 2.06. The lowest BCUT2D eigenvalue weighted by atomic mass is 10.1. The van der Waals surface area contributed by atoms with Crippen LogP contribution in [0.3, 0.4) is 0 Å². The summed E-state index contributed by atoms with van der Waals surface area (Å²) in [6.45, 7) is 9.18. The highest BCUT2D eigenvalue weighted by molar-refractivity contribution is 6.30. The highest BCUT2D eigenvalue weighted by Crippen LogP contribution is 2.30. The lowest BCUT2D eigenvalue weighted by Gasteiger charge is -2.14. The molecule has 2 nitrogen and oxygen atoms in total. The predicted molar refractivity (Wildman–Crippen MR) is 89.4 cm³/mol. The Morgan fingerprint density at radius 2 is 1.76 bits per heavy atom. The number of halogens is 1. The third-order valence-corrected chi connectivity index (χ3v) is 3.56. The van der Waals surface area contributed by atoms with E-state index in [1.807, 2.05) is 25.1 Å². The molecule has 1 N–H and O–H groups in total. The zero-order valence-corrected chi connectivity index (χ0v) is 13.8. The molecule has 0 saturated heterocycles. The van der Waals surface area contributed by atoms with Gasteiger partial charge in [0.15, 0.2) is 0 Å². The van der Waals surface area contributed by atoms with Gasteiger partial charge in [0.2, 0.25) is 0 Å². The first kappa shape index (κ1) is 15.9. The fourth-order valence-corrected chi connectivity index (χ4v) is 2.26. The minimum absolute atomic E-state index is 0.467. The average molecular weight is 304 g/mol. The van der Waals surface area contributed by atoms with Crippen LogP contribution < -0.4 is 10.1 Å². The Kier molecular flexibility index (Phi) is 5.27. The van der Waals surface area contributed by atoms with Crippen LogP contribution in [0.25, 0.3) is 0 Å². The van der Waals surface area contributed by atoms with Crippen molar-refractivity contribution in [3.05, 3.63) is 58.1 Å². The average Bonchev–Trinajstić information content (AvgIpc) is 2.42. The summed E-state index contributed by atoms with van der Waals surface area (Å²) in [7, 11) is 0. The van der Waals surface area contributed by atoms with E-state index < -0.39 is 0 Å². The second-order valence-corrected chi connectivity index (χ2v) is 6.08. The first-order valence-corrected chi connectivity index (χ1v) is 7.60. The Labute approximate surface area is 132 Å². The fourth-order valence-electron chi connectivity index (χ4n) is 2.03. The monoisotopic (exact) mass is 303 g/mol. The van der Waals surface area contributed by atoms with Crippen LogP contribution in [0.2, 0.25) is 5.02 Å². The molecule has 0 heterocycles. The molecule has 2 rings (SSSR count). The molecule has 0 aliphatic heterocycles. The number of ether oxygens (including phenoxy) is 1. The van der Waals surface area contributed by atoms with Gasteiger partial charge in [-0.25, -0.2) is 0 Å². The lowest BCUT2D eigenvalue weighted by Crippen LogP contribution is -2.21. The van der Waals surface area contributed by atoms with E-state index in [1.54, 1.807) is 0 Å². The van der Waals surface area contributed by atoms with Crippen LogP contribution in [0.1, 0.15) is 30.5 Å². The second kappa shape index (κ2) is 6.97. The Balaban J connectivity index is 2.20. The van der Waals surface area contributed by atoms with E-state index in [-0.39, 0.29) is 0 Å². The van der Waals surface area contributed by atoms with Gasteiger partial charge in [-0.3, -0.25) is 0 Å². The molecule has 0 unspecified atom stereocenters. The van der Waals surface area contributed by atoms with Crippen LogP contribution in [0.15, 0.2) is 36.4 Å². The molecule has 0 saturated carbocycles. The molecule has 0 bridgehead atoms. The molecule has 112 valence electrons. The molecule has 0 fully saturated rings.